The second-order valence-corrected chi connectivity index (χ2v) is 7.00. The predicted octanol–water partition coefficient (Wildman–Crippen LogP) is 0.611. The Hall–Kier alpha value is -1.44. The van der Waals surface area contributed by atoms with E-state index in [9.17, 15) is 13.2 Å². The monoisotopic (exact) mass is 311 g/mol. The molecule has 0 radical (unpaired) electrons. The third-order valence-electron chi connectivity index (χ3n) is 3.70. The minimum absolute atomic E-state index is 0.0794. The number of carbonyl (C=O) groups excluding carboxylic acids is 1. The number of benzene rings is 1. The molecule has 1 heterocycles. The number of rotatable bonds is 5. The van der Waals surface area contributed by atoms with Gasteiger partial charge in [0.05, 0.1) is 4.90 Å². The molecular formula is C14H21N3O3S. The van der Waals surface area contributed by atoms with Crippen molar-refractivity contribution >= 4 is 21.6 Å². The molecule has 21 heavy (non-hydrogen) atoms. The van der Waals surface area contributed by atoms with Crippen molar-refractivity contribution in [1.29, 1.82) is 0 Å². The van der Waals surface area contributed by atoms with Gasteiger partial charge in [0.1, 0.15) is 0 Å². The summed E-state index contributed by atoms with van der Waals surface area (Å²) < 4.78 is 27.0. The molecule has 1 aliphatic rings. The first-order valence-corrected chi connectivity index (χ1v) is 8.49. The van der Waals surface area contributed by atoms with Gasteiger partial charge in [0.15, 0.2) is 0 Å². The van der Waals surface area contributed by atoms with E-state index in [1.54, 1.807) is 23.1 Å². The molecule has 1 aliphatic heterocycles. The third-order valence-corrected chi connectivity index (χ3v) is 5.12. The van der Waals surface area contributed by atoms with Crippen molar-refractivity contribution in [3.8, 4) is 0 Å². The van der Waals surface area contributed by atoms with Crippen LogP contribution in [0.15, 0.2) is 23.1 Å². The molecule has 0 bridgehead atoms. The van der Waals surface area contributed by atoms with E-state index in [4.69, 9.17) is 5.73 Å². The van der Waals surface area contributed by atoms with Gasteiger partial charge in [-0.15, -0.1) is 0 Å². The quantitative estimate of drug-likeness (QED) is 0.833. The van der Waals surface area contributed by atoms with Crippen LogP contribution in [0.5, 0.6) is 0 Å². The van der Waals surface area contributed by atoms with Crippen LogP contribution in [0.25, 0.3) is 0 Å². The first-order valence-electron chi connectivity index (χ1n) is 7.01. The van der Waals surface area contributed by atoms with E-state index in [2.05, 4.69) is 4.72 Å². The smallest absolute Gasteiger partial charge is 0.240 e. The highest BCUT2D eigenvalue weighted by Gasteiger charge is 2.25. The van der Waals surface area contributed by atoms with Crippen molar-refractivity contribution in [2.75, 3.05) is 18.0 Å². The zero-order valence-corrected chi connectivity index (χ0v) is 13.1. The Bertz CT molecular complexity index is 643. The van der Waals surface area contributed by atoms with E-state index >= 15 is 0 Å². The number of amides is 1. The van der Waals surface area contributed by atoms with E-state index in [0.29, 0.717) is 18.7 Å². The van der Waals surface area contributed by atoms with Gasteiger partial charge in [-0.3, -0.25) is 4.79 Å². The molecule has 2 rings (SSSR count). The maximum absolute atomic E-state index is 12.3. The minimum atomic E-state index is -3.60. The average Bonchev–Trinajstić information content (AvgIpc) is 2.87. The van der Waals surface area contributed by atoms with Crippen LogP contribution >= 0.6 is 0 Å². The molecule has 6 nitrogen and oxygen atoms in total. The summed E-state index contributed by atoms with van der Waals surface area (Å²) in [6, 6.07) is 4.70. The van der Waals surface area contributed by atoms with Crippen LogP contribution in [0.2, 0.25) is 0 Å². The van der Waals surface area contributed by atoms with Gasteiger partial charge in [0.2, 0.25) is 15.9 Å². The topological polar surface area (TPSA) is 92.5 Å². The highest BCUT2D eigenvalue weighted by molar-refractivity contribution is 7.89. The van der Waals surface area contributed by atoms with E-state index in [1.165, 1.54) is 6.92 Å². The van der Waals surface area contributed by atoms with Crippen molar-refractivity contribution in [3.05, 3.63) is 23.8 Å². The lowest BCUT2D eigenvalue weighted by atomic mass is 10.2. The van der Waals surface area contributed by atoms with E-state index in [0.717, 1.165) is 12.0 Å². The van der Waals surface area contributed by atoms with Gasteiger partial charge in [0, 0.05) is 31.7 Å². The molecule has 1 atom stereocenters. The second-order valence-electron chi connectivity index (χ2n) is 5.23. The van der Waals surface area contributed by atoms with Crippen molar-refractivity contribution in [1.82, 2.24) is 4.72 Å². The molecule has 0 saturated carbocycles. The molecular weight excluding hydrogens is 290 g/mol. The van der Waals surface area contributed by atoms with Crippen LogP contribution in [-0.4, -0.2) is 33.5 Å². The van der Waals surface area contributed by atoms with Gasteiger partial charge in [-0.05, 0) is 30.5 Å². The van der Waals surface area contributed by atoms with Gasteiger partial charge in [-0.1, -0.05) is 13.0 Å². The van der Waals surface area contributed by atoms with Crippen molar-refractivity contribution in [3.63, 3.8) is 0 Å². The van der Waals surface area contributed by atoms with E-state index in [-0.39, 0.29) is 23.4 Å². The summed E-state index contributed by atoms with van der Waals surface area (Å²) in [7, 11) is -3.60. The van der Waals surface area contributed by atoms with E-state index in [1.807, 2.05) is 6.92 Å². The largest absolute Gasteiger partial charge is 0.327 e. The van der Waals surface area contributed by atoms with Crippen LogP contribution in [0.4, 0.5) is 5.69 Å². The number of fused-ring (bicyclic) bond motifs is 1. The minimum Gasteiger partial charge on any atom is -0.327 e. The maximum atomic E-state index is 12.3. The van der Waals surface area contributed by atoms with Gasteiger partial charge in [0.25, 0.3) is 0 Å². The molecule has 1 aromatic carbocycles. The highest BCUT2D eigenvalue weighted by atomic mass is 32.2. The normalized spacial score (nSPS) is 15.9. The van der Waals surface area contributed by atoms with Gasteiger partial charge >= 0.3 is 0 Å². The standard InChI is InChI=1S/C14H21N3O3S/c1-3-12(15)9-16-21(19,20)13-5-4-11-6-7-17(10(2)18)14(11)8-13/h4-5,8,12,16H,3,6-7,9,15H2,1-2H3. The first kappa shape index (κ1) is 15.9. The van der Waals surface area contributed by atoms with Crippen LogP contribution in [0.3, 0.4) is 0 Å². The average molecular weight is 311 g/mol. The highest BCUT2D eigenvalue weighted by Crippen LogP contribution is 2.30. The van der Waals surface area contributed by atoms with Crippen LogP contribution in [-0.2, 0) is 21.2 Å². The number of carbonyl (C=O) groups is 1. The fraction of sp³-hybridized carbons (Fsp3) is 0.500. The molecule has 0 spiro atoms. The summed E-state index contributed by atoms with van der Waals surface area (Å²) in [6.07, 6.45) is 1.45. The Morgan fingerprint density at radius 2 is 2.19 bits per heavy atom. The number of hydrogen-bond donors (Lipinski definition) is 2. The zero-order chi connectivity index (χ0) is 15.6. The van der Waals surface area contributed by atoms with Crippen LogP contribution in [0.1, 0.15) is 25.8 Å². The van der Waals surface area contributed by atoms with Crippen molar-refractivity contribution in [2.24, 2.45) is 5.73 Å². The number of nitrogens with zero attached hydrogens (tertiary/aromatic N) is 1. The summed E-state index contributed by atoms with van der Waals surface area (Å²) in [6.45, 7) is 4.18. The number of sulfonamides is 1. The molecule has 1 amide bonds. The SMILES string of the molecule is CCC(N)CNS(=O)(=O)c1ccc2c(c1)N(C(C)=O)CC2. The number of nitrogens with one attached hydrogen (secondary N) is 1. The second kappa shape index (κ2) is 6.13. The number of nitrogens with two attached hydrogens (primary N) is 1. The molecule has 0 aromatic heterocycles. The summed E-state index contributed by atoms with van der Waals surface area (Å²) in [5.41, 5.74) is 7.41. The van der Waals surface area contributed by atoms with Crippen LogP contribution in [0, 0.1) is 0 Å². The Labute approximate surface area is 125 Å². The maximum Gasteiger partial charge on any atom is 0.240 e. The molecule has 1 unspecified atom stereocenters. The fourth-order valence-electron chi connectivity index (χ4n) is 2.30. The third kappa shape index (κ3) is 3.42. The molecule has 7 heteroatoms. The predicted molar refractivity (Wildman–Crippen MR) is 81.6 cm³/mol. The van der Waals surface area contributed by atoms with Crippen molar-refractivity contribution < 1.29 is 13.2 Å². The number of hydrogen-bond acceptors (Lipinski definition) is 4. The molecule has 0 saturated heterocycles. The lowest BCUT2D eigenvalue weighted by Crippen LogP contribution is -2.36. The number of anilines is 1. The molecule has 0 fully saturated rings. The Kier molecular flexibility index (Phi) is 4.65. The summed E-state index contributed by atoms with van der Waals surface area (Å²) >= 11 is 0. The summed E-state index contributed by atoms with van der Waals surface area (Å²) in [5, 5.41) is 0. The Morgan fingerprint density at radius 1 is 1.48 bits per heavy atom. The molecule has 3 N–H and O–H groups in total. The van der Waals surface area contributed by atoms with Gasteiger partial charge < -0.3 is 10.6 Å². The molecule has 0 aliphatic carbocycles. The molecule has 116 valence electrons. The Balaban J connectivity index is 2.25. The molecule has 1 aromatic rings. The summed E-state index contributed by atoms with van der Waals surface area (Å²) in [5.74, 6) is -0.0794. The lowest BCUT2D eigenvalue weighted by molar-refractivity contribution is -0.116. The Morgan fingerprint density at radius 3 is 2.81 bits per heavy atom. The zero-order valence-electron chi connectivity index (χ0n) is 12.3. The first-order chi connectivity index (χ1) is 9.85. The lowest BCUT2D eigenvalue weighted by Gasteiger charge is -2.16. The van der Waals surface area contributed by atoms with E-state index < -0.39 is 10.0 Å². The van der Waals surface area contributed by atoms with Gasteiger partial charge in [-0.2, -0.15) is 0 Å². The fourth-order valence-corrected chi connectivity index (χ4v) is 3.41. The van der Waals surface area contributed by atoms with Crippen LogP contribution < -0.4 is 15.4 Å². The summed E-state index contributed by atoms with van der Waals surface area (Å²) in [4.78, 5) is 13.3. The van der Waals surface area contributed by atoms with Gasteiger partial charge in [-0.25, -0.2) is 13.1 Å². The van der Waals surface area contributed by atoms with Crippen molar-refractivity contribution in [2.45, 2.75) is 37.6 Å².